The molecule has 0 aliphatic heterocycles. The van der Waals surface area contributed by atoms with Crippen molar-refractivity contribution in [1.82, 2.24) is 0 Å². The van der Waals surface area contributed by atoms with E-state index in [1.165, 1.54) is 12.1 Å². The number of halogens is 3. The van der Waals surface area contributed by atoms with Gasteiger partial charge in [0.2, 0.25) is 6.54 Å². The van der Waals surface area contributed by atoms with E-state index in [0.717, 1.165) is 18.3 Å². The molecule has 0 bridgehead atoms. The summed E-state index contributed by atoms with van der Waals surface area (Å²) in [7, 11) is 0. The Kier molecular flexibility index (Phi) is 3.60. The summed E-state index contributed by atoms with van der Waals surface area (Å²) in [5.74, 6) is 0. The molecular weight excluding hydrogens is 225 g/mol. The topological polar surface area (TPSA) is 55.5 Å². The third-order valence-corrected chi connectivity index (χ3v) is 1.64. The number of alkyl halides is 3. The third kappa shape index (κ3) is 3.68. The van der Waals surface area contributed by atoms with E-state index in [1.54, 1.807) is 0 Å². The van der Waals surface area contributed by atoms with Crippen LogP contribution in [0.15, 0.2) is 29.3 Å². The van der Waals surface area contributed by atoms with Crippen LogP contribution in [0, 0.1) is 10.1 Å². The lowest BCUT2D eigenvalue weighted by molar-refractivity contribution is -0.462. The highest BCUT2D eigenvalue weighted by Crippen LogP contribution is 2.31. The molecule has 0 unspecified atom stereocenters. The van der Waals surface area contributed by atoms with Crippen LogP contribution in [0.5, 0.6) is 0 Å². The molecule has 0 aliphatic rings. The molecule has 0 spiro atoms. The molecule has 0 fully saturated rings. The summed E-state index contributed by atoms with van der Waals surface area (Å²) < 4.78 is 36.8. The molecule has 1 rings (SSSR count). The van der Waals surface area contributed by atoms with Crippen LogP contribution in [0.3, 0.4) is 0 Å². The largest absolute Gasteiger partial charge is 0.416 e. The fourth-order valence-corrected chi connectivity index (χ4v) is 0.975. The molecule has 0 amide bonds. The molecule has 0 aromatic heterocycles. The number of benzene rings is 1. The highest BCUT2D eigenvalue weighted by Gasteiger charge is 2.30. The second kappa shape index (κ2) is 4.73. The van der Waals surface area contributed by atoms with Crippen LogP contribution in [0.4, 0.5) is 18.9 Å². The number of nitrogens with zero attached hydrogens (tertiary/aromatic N) is 2. The van der Waals surface area contributed by atoms with Gasteiger partial charge in [0, 0.05) is 4.92 Å². The van der Waals surface area contributed by atoms with E-state index in [0.29, 0.717) is 0 Å². The zero-order valence-electron chi connectivity index (χ0n) is 7.94. The van der Waals surface area contributed by atoms with Gasteiger partial charge in [0.15, 0.2) is 0 Å². The van der Waals surface area contributed by atoms with Gasteiger partial charge in [-0.2, -0.15) is 13.2 Å². The third-order valence-electron chi connectivity index (χ3n) is 1.64. The van der Waals surface area contributed by atoms with E-state index in [1.807, 2.05) is 0 Å². The lowest BCUT2D eigenvalue weighted by Crippen LogP contribution is -2.04. The first kappa shape index (κ1) is 12.2. The van der Waals surface area contributed by atoms with Gasteiger partial charge in [-0.15, -0.1) is 0 Å². The highest BCUT2D eigenvalue weighted by molar-refractivity contribution is 5.64. The van der Waals surface area contributed by atoms with Crippen molar-refractivity contribution in [3.63, 3.8) is 0 Å². The molecule has 16 heavy (non-hydrogen) atoms. The Bertz CT molecular complexity index is 415. The Hall–Kier alpha value is -1.92. The summed E-state index contributed by atoms with van der Waals surface area (Å²) in [6.45, 7) is -0.518. The van der Waals surface area contributed by atoms with Crippen LogP contribution in [0.25, 0.3) is 0 Å². The summed E-state index contributed by atoms with van der Waals surface area (Å²) in [4.78, 5) is 12.9. The van der Waals surface area contributed by atoms with Gasteiger partial charge in [-0.1, -0.05) is 6.07 Å². The molecule has 0 saturated carbocycles. The normalized spacial score (nSPS) is 11.9. The van der Waals surface area contributed by atoms with Gasteiger partial charge in [0.05, 0.1) is 17.5 Å². The first-order valence-corrected chi connectivity index (χ1v) is 4.21. The molecule has 0 heterocycles. The molecule has 0 N–H and O–H groups in total. The zero-order valence-corrected chi connectivity index (χ0v) is 7.94. The van der Waals surface area contributed by atoms with Gasteiger partial charge in [0.25, 0.3) is 0 Å². The van der Waals surface area contributed by atoms with Gasteiger partial charge < -0.3 is 0 Å². The Morgan fingerprint density at radius 1 is 1.44 bits per heavy atom. The van der Waals surface area contributed by atoms with Crippen LogP contribution < -0.4 is 0 Å². The molecule has 1 aromatic rings. The van der Waals surface area contributed by atoms with Crippen LogP contribution in [-0.2, 0) is 6.18 Å². The van der Waals surface area contributed by atoms with Crippen LogP contribution in [0.1, 0.15) is 5.56 Å². The summed E-state index contributed by atoms with van der Waals surface area (Å²) in [5, 5.41) is 9.95. The van der Waals surface area contributed by atoms with Gasteiger partial charge in [-0.05, 0) is 18.2 Å². The summed E-state index contributed by atoms with van der Waals surface area (Å²) in [6.07, 6.45) is -3.48. The maximum atomic E-state index is 12.3. The number of rotatable bonds is 3. The predicted molar refractivity (Wildman–Crippen MR) is 51.5 cm³/mol. The maximum absolute atomic E-state index is 12.3. The lowest BCUT2D eigenvalue weighted by atomic mass is 10.2. The molecule has 4 nitrogen and oxygen atoms in total. The predicted octanol–water partition coefficient (Wildman–Crippen LogP) is 2.68. The molecule has 0 saturated heterocycles. The molecular formula is C9H7F3N2O2. The average Bonchev–Trinajstić information content (AvgIpc) is 2.16. The van der Waals surface area contributed by atoms with Crippen molar-refractivity contribution in [2.45, 2.75) is 6.18 Å². The van der Waals surface area contributed by atoms with E-state index in [2.05, 4.69) is 4.99 Å². The fraction of sp³-hybridized carbons (Fsp3) is 0.222. The molecule has 0 aliphatic carbocycles. The number of nitro groups is 1. The van der Waals surface area contributed by atoms with Crippen molar-refractivity contribution in [1.29, 1.82) is 0 Å². The first-order valence-electron chi connectivity index (χ1n) is 4.21. The standard InChI is InChI=1S/C9H7F3N2O2/c10-9(11,12)7-2-1-3-8(6-7)13-4-5-14(15)16/h1-4,6H,5H2. The SMILES string of the molecule is O=[N+]([O-])CC=Nc1cccc(C(F)(F)F)c1. The summed E-state index contributed by atoms with van der Waals surface area (Å²) >= 11 is 0. The zero-order chi connectivity index (χ0) is 12.2. The second-order valence-corrected chi connectivity index (χ2v) is 2.88. The van der Waals surface area contributed by atoms with E-state index < -0.39 is 23.2 Å². The van der Waals surface area contributed by atoms with Crippen molar-refractivity contribution in [2.24, 2.45) is 4.99 Å². The van der Waals surface area contributed by atoms with E-state index in [4.69, 9.17) is 0 Å². The fourth-order valence-electron chi connectivity index (χ4n) is 0.975. The van der Waals surface area contributed by atoms with Crippen LogP contribution >= 0.6 is 0 Å². The smallest absolute Gasteiger partial charge is 0.264 e. The van der Waals surface area contributed by atoms with Gasteiger partial charge in [-0.25, -0.2) is 0 Å². The highest BCUT2D eigenvalue weighted by atomic mass is 19.4. The van der Waals surface area contributed by atoms with Crippen molar-refractivity contribution < 1.29 is 18.1 Å². The maximum Gasteiger partial charge on any atom is 0.416 e. The Morgan fingerprint density at radius 2 is 2.12 bits per heavy atom. The monoisotopic (exact) mass is 232 g/mol. The molecule has 7 heteroatoms. The number of aliphatic imine (C=N–C) groups is 1. The number of hydrogen-bond donors (Lipinski definition) is 0. The molecule has 0 atom stereocenters. The quantitative estimate of drug-likeness (QED) is 0.457. The van der Waals surface area contributed by atoms with Crippen LogP contribution in [-0.4, -0.2) is 17.7 Å². The van der Waals surface area contributed by atoms with E-state index in [-0.39, 0.29) is 5.69 Å². The first-order chi connectivity index (χ1) is 7.39. The number of hydrogen-bond acceptors (Lipinski definition) is 3. The minimum atomic E-state index is -4.44. The molecule has 1 aromatic carbocycles. The average molecular weight is 232 g/mol. The van der Waals surface area contributed by atoms with E-state index in [9.17, 15) is 23.3 Å². The minimum absolute atomic E-state index is 0.0386. The Morgan fingerprint density at radius 3 is 2.69 bits per heavy atom. The summed E-state index contributed by atoms with van der Waals surface area (Å²) in [5.41, 5.74) is -0.792. The van der Waals surface area contributed by atoms with Gasteiger partial charge in [0.1, 0.15) is 0 Å². The molecule has 86 valence electrons. The minimum Gasteiger partial charge on any atom is -0.264 e. The molecule has 0 radical (unpaired) electrons. The summed E-state index contributed by atoms with van der Waals surface area (Å²) in [6, 6.07) is 4.27. The van der Waals surface area contributed by atoms with E-state index >= 15 is 0 Å². The van der Waals surface area contributed by atoms with Crippen molar-refractivity contribution in [2.75, 3.05) is 6.54 Å². The van der Waals surface area contributed by atoms with Crippen LogP contribution in [0.2, 0.25) is 0 Å². The Labute approximate surface area is 88.6 Å². The van der Waals surface area contributed by atoms with Crippen molar-refractivity contribution in [3.8, 4) is 0 Å². The van der Waals surface area contributed by atoms with Crippen molar-refractivity contribution >= 4 is 11.9 Å². The van der Waals surface area contributed by atoms with Crippen molar-refractivity contribution in [3.05, 3.63) is 39.9 Å². The lowest BCUT2D eigenvalue weighted by Gasteiger charge is -2.06. The van der Waals surface area contributed by atoms with Gasteiger partial charge >= 0.3 is 6.18 Å². The Balaban J connectivity index is 2.83. The van der Waals surface area contributed by atoms with Gasteiger partial charge in [-0.3, -0.25) is 15.1 Å². The second-order valence-electron chi connectivity index (χ2n) is 2.88.